The Hall–Kier alpha value is -0.870. The summed E-state index contributed by atoms with van der Waals surface area (Å²) in [6, 6.07) is 6.04. The van der Waals surface area contributed by atoms with Gasteiger partial charge in [0.25, 0.3) is 0 Å². The molecular formula is C16H7Br2Cl4F2N4O2P. The first kappa shape index (κ1) is 26.4. The number of halogens is 8. The Kier molecular flexibility index (Phi) is 9.63. The van der Waals surface area contributed by atoms with Gasteiger partial charge in [-0.3, -0.25) is 4.57 Å². The molecule has 0 bridgehead atoms. The van der Waals surface area contributed by atoms with Gasteiger partial charge in [0.2, 0.25) is 5.28 Å². The largest absolute Gasteiger partial charge is 0.345 e. The summed E-state index contributed by atoms with van der Waals surface area (Å²) >= 11 is 25.7. The highest BCUT2D eigenvalue weighted by molar-refractivity contribution is 9.10. The Bertz CT molecular complexity index is 1350. The van der Waals surface area contributed by atoms with Gasteiger partial charge in [-0.25, -0.2) is 28.5 Å². The maximum Gasteiger partial charge on any atom is 0.345 e. The van der Waals surface area contributed by atoms with Crippen LogP contribution in [0.1, 0.15) is 0 Å². The van der Waals surface area contributed by atoms with Crippen LogP contribution in [0.25, 0.3) is 21.8 Å². The molecular weight excluding hydrogens is 651 g/mol. The molecule has 31 heavy (non-hydrogen) atoms. The molecule has 0 fully saturated rings. The van der Waals surface area contributed by atoms with E-state index in [0.29, 0.717) is 19.7 Å². The lowest BCUT2D eigenvalue weighted by atomic mass is 10.2. The Balaban J connectivity index is 0.000000182. The van der Waals surface area contributed by atoms with Gasteiger partial charge in [0.1, 0.15) is 11.3 Å². The van der Waals surface area contributed by atoms with E-state index in [2.05, 4.69) is 85.5 Å². The van der Waals surface area contributed by atoms with Crippen LogP contribution in [-0.2, 0) is 4.57 Å². The molecule has 2 aromatic heterocycles. The van der Waals surface area contributed by atoms with E-state index in [0.717, 1.165) is 0 Å². The van der Waals surface area contributed by atoms with Gasteiger partial charge in [0.15, 0.2) is 5.82 Å². The third-order valence-electron chi connectivity index (χ3n) is 3.21. The standard InChI is InChI=1S/C8H3BrClFN2.C8H4BrFN2O.Cl3OP/c9-5-1-4-3-12-8(10)13-7(4)6(11)2-5;9-5-1-4-3-11-8(13)12-7(4)6(10)2-5;1-5(2,3)4/h1-3H;1-3H,(H,11,12,13);. The Morgan fingerprint density at radius 3 is 2.03 bits per heavy atom. The van der Waals surface area contributed by atoms with Gasteiger partial charge in [-0.2, -0.15) is 0 Å². The summed E-state index contributed by atoms with van der Waals surface area (Å²) in [5.41, 5.74) is -0.125. The van der Waals surface area contributed by atoms with E-state index >= 15 is 0 Å². The van der Waals surface area contributed by atoms with Gasteiger partial charge in [-0.05, 0) is 69.6 Å². The van der Waals surface area contributed by atoms with Crippen LogP contribution in [0, 0.1) is 11.6 Å². The first-order valence-electron chi connectivity index (χ1n) is 7.64. The third-order valence-corrected chi connectivity index (χ3v) is 4.31. The molecule has 0 spiro atoms. The summed E-state index contributed by atoms with van der Waals surface area (Å²) < 4.78 is 37.2. The van der Waals surface area contributed by atoms with Gasteiger partial charge in [-0.15, -0.1) is 0 Å². The second-order valence-electron chi connectivity index (χ2n) is 5.40. The number of H-pyrrole nitrogens is 1. The highest BCUT2D eigenvalue weighted by atomic mass is 79.9. The van der Waals surface area contributed by atoms with Crippen molar-refractivity contribution in [1.82, 2.24) is 19.9 Å². The molecule has 2 aromatic carbocycles. The molecule has 0 radical (unpaired) electrons. The average molecular weight is 658 g/mol. The SMILES string of the molecule is Fc1cc(Br)cc2cnc(Cl)nc12.O=P(Cl)(Cl)Cl.O=c1ncc2cc(Br)cc(F)c2[nH]1. The molecule has 15 heteroatoms. The number of nitrogens with one attached hydrogen (secondary N) is 1. The molecule has 0 saturated carbocycles. The predicted octanol–water partition coefficient (Wildman–Crippen LogP) is 7.82. The quantitative estimate of drug-likeness (QED) is 0.154. The van der Waals surface area contributed by atoms with Crippen LogP contribution < -0.4 is 5.69 Å². The first-order chi connectivity index (χ1) is 14.3. The lowest BCUT2D eigenvalue weighted by molar-refractivity contribution is 0.600. The Morgan fingerprint density at radius 2 is 1.42 bits per heavy atom. The summed E-state index contributed by atoms with van der Waals surface area (Å²) in [4.78, 5) is 24.1. The van der Waals surface area contributed by atoms with E-state index in [1.165, 1.54) is 24.5 Å². The summed E-state index contributed by atoms with van der Waals surface area (Å²) in [5, 5.41) is -1.99. The highest BCUT2D eigenvalue weighted by Gasteiger charge is 2.05. The van der Waals surface area contributed by atoms with Crippen LogP contribution >= 0.6 is 82.4 Å². The van der Waals surface area contributed by atoms with E-state index in [9.17, 15) is 18.1 Å². The van der Waals surface area contributed by atoms with Gasteiger partial charge < -0.3 is 4.98 Å². The minimum Gasteiger partial charge on any atom is -0.303 e. The molecule has 0 aliphatic rings. The maximum atomic E-state index is 13.2. The Labute approximate surface area is 209 Å². The van der Waals surface area contributed by atoms with Crippen LogP contribution in [0.3, 0.4) is 0 Å². The normalized spacial score (nSPS) is 10.8. The van der Waals surface area contributed by atoms with Crippen molar-refractivity contribution in [3.8, 4) is 0 Å². The molecule has 4 rings (SSSR count). The number of nitrogens with zero attached hydrogens (tertiary/aromatic N) is 3. The lowest BCUT2D eigenvalue weighted by Gasteiger charge is -1.99. The molecule has 6 nitrogen and oxygen atoms in total. The maximum absolute atomic E-state index is 13.2. The van der Waals surface area contributed by atoms with Gasteiger partial charge >= 0.3 is 10.9 Å². The average Bonchev–Trinajstić information content (AvgIpc) is 2.62. The number of benzene rings is 2. The van der Waals surface area contributed by atoms with E-state index in [4.69, 9.17) is 11.6 Å². The fraction of sp³-hybridized carbons (Fsp3) is 0. The summed E-state index contributed by atoms with van der Waals surface area (Å²) in [5.74, 6) is -0.877. The minimum absolute atomic E-state index is 0.0497. The van der Waals surface area contributed by atoms with Crippen molar-refractivity contribution < 1.29 is 13.3 Å². The zero-order valence-corrected chi connectivity index (χ0v) is 21.7. The zero-order chi connectivity index (χ0) is 23.3. The van der Waals surface area contributed by atoms with Crippen molar-refractivity contribution in [2.45, 2.75) is 0 Å². The molecule has 0 amide bonds. The zero-order valence-electron chi connectivity index (χ0n) is 14.6. The second-order valence-corrected chi connectivity index (χ2v) is 14.2. The second kappa shape index (κ2) is 11.3. The highest BCUT2D eigenvalue weighted by Crippen LogP contribution is 2.61. The number of hydrogen-bond acceptors (Lipinski definition) is 5. The van der Waals surface area contributed by atoms with Crippen molar-refractivity contribution in [1.29, 1.82) is 0 Å². The van der Waals surface area contributed by atoms with Gasteiger partial charge in [0, 0.05) is 32.1 Å². The van der Waals surface area contributed by atoms with E-state index in [-0.39, 0.29) is 16.3 Å². The fourth-order valence-corrected chi connectivity index (χ4v) is 3.17. The number of hydrogen-bond donors (Lipinski definition) is 1. The molecule has 0 saturated heterocycles. The third kappa shape index (κ3) is 8.88. The Morgan fingerprint density at radius 1 is 0.903 bits per heavy atom. The first-order valence-corrected chi connectivity index (χ1v) is 14.0. The molecule has 164 valence electrons. The van der Waals surface area contributed by atoms with Gasteiger partial charge in [-0.1, -0.05) is 31.9 Å². The lowest BCUT2D eigenvalue weighted by Crippen LogP contribution is -2.09. The van der Waals surface area contributed by atoms with Crippen LogP contribution in [-0.4, -0.2) is 19.9 Å². The minimum atomic E-state index is -3.22. The molecule has 0 aliphatic carbocycles. The summed E-state index contributed by atoms with van der Waals surface area (Å²) in [6.45, 7) is 0. The molecule has 0 atom stereocenters. The van der Waals surface area contributed by atoms with Crippen molar-refractivity contribution in [2.75, 3.05) is 0 Å². The topological polar surface area (TPSA) is 88.6 Å². The molecule has 1 N–H and O–H groups in total. The van der Waals surface area contributed by atoms with Crippen LogP contribution in [0.5, 0.6) is 0 Å². The van der Waals surface area contributed by atoms with Crippen molar-refractivity contribution >= 4 is 104 Å². The predicted molar refractivity (Wildman–Crippen MR) is 127 cm³/mol. The molecule has 0 unspecified atom stereocenters. The van der Waals surface area contributed by atoms with E-state index in [1.807, 2.05) is 0 Å². The van der Waals surface area contributed by atoms with Crippen LogP contribution in [0.4, 0.5) is 8.78 Å². The number of rotatable bonds is 0. The van der Waals surface area contributed by atoms with Crippen LogP contribution in [0.15, 0.2) is 50.4 Å². The number of fused-ring (bicyclic) bond motifs is 2. The number of aromatic amines is 1. The van der Waals surface area contributed by atoms with E-state index < -0.39 is 22.5 Å². The fourth-order valence-electron chi connectivity index (χ4n) is 2.14. The van der Waals surface area contributed by atoms with Crippen molar-refractivity contribution in [3.63, 3.8) is 0 Å². The molecule has 2 heterocycles. The number of aromatic nitrogens is 4. The van der Waals surface area contributed by atoms with Crippen LogP contribution in [0.2, 0.25) is 5.28 Å². The monoisotopic (exact) mass is 654 g/mol. The van der Waals surface area contributed by atoms with Crippen molar-refractivity contribution in [3.05, 3.63) is 73.0 Å². The van der Waals surface area contributed by atoms with Gasteiger partial charge in [0.05, 0.1) is 5.52 Å². The smallest absolute Gasteiger partial charge is 0.303 e. The summed E-state index contributed by atoms with van der Waals surface area (Å²) in [7, 11) is 0. The molecule has 0 aliphatic heterocycles. The summed E-state index contributed by atoms with van der Waals surface area (Å²) in [6.07, 6.45) is 2.82. The van der Waals surface area contributed by atoms with Crippen molar-refractivity contribution in [2.24, 2.45) is 0 Å². The van der Waals surface area contributed by atoms with E-state index in [1.54, 1.807) is 12.1 Å². The molecule has 4 aromatic rings.